The molecule has 0 saturated heterocycles. The van der Waals surface area contributed by atoms with Crippen molar-refractivity contribution in [2.24, 2.45) is 0 Å². The molecule has 0 saturated carbocycles. The minimum atomic E-state index is -0.408. The van der Waals surface area contributed by atoms with E-state index in [0.717, 1.165) is 17.3 Å². The summed E-state index contributed by atoms with van der Waals surface area (Å²) in [7, 11) is 0. The van der Waals surface area contributed by atoms with Gasteiger partial charge in [-0.2, -0.15) is 0 Å². The van der Waals surface area contributed by atoms with Crippen LogP contribution >= 0.6 is 23.1 Å². The van der Waals surface area contributed by atoms with Gasteiger partial charge in [0, 0.05) is 11.8 Å². The van der Waals surface area contributed by atoms with Crippen molar-refractivity contribution < 1.29 is 9.90 Å². The molecule has 23 heavy (non-hydrogen) atoms. The average Bonchev–Trinajstić information content (AvgIpc) is 2.88. The van der Waals surface area contributed by atoms with Crippen LogP contribution in [0.5, 0.6) is 5.75 Å². The van der Waals surface area contributed by atoms with Gasteiger partial charge in [-0.05, 0) is 24.6 Å². The number of thioether (sulfide) groups is 1. The van der Waals surface area contributed by atoms with Crippen LogP contribution in [-0.4, -0.2) is 26.7 Å². The Morgan fingerprint density at radius 1 is 1.43 bits per heavy atom. The van der Waals surface area contributed by atoms with Crippen LogP contribution in [0.1, 0.15) is 5.56 Å². The molecule has 0 aliphatic rings. The second-order valence-corrected chi connectivity index (χ2v) is 7.10. The first-order valence-corrected chi connectivity index (χ1v) is 8.53. The molecule has 0 unspecified atom stereocenters. The second kappa shape index (κ2) is 6.43. The van der Waals surface area contributed by atoms with Crippen molar-refractivity contribution >= 4 is 45.0 Å². The summed E-state index contributed by atoms with van der Waals surface area (Å²) < 4.78 is 1.11. The molecule has 118 valence electrons. The van der Waals surface area contributed by atoms with Gasteiger partial charge in [0.2, 0.25) is 5.91 Å². The number of pyridine rings is 1. The number of rotatable bonds is 4. The van der Waals surface area contributed by atoms with Gasteiger partial charge in [0.25, 0.3) is 5.56 Å². The number of carbonyl (C=O) groups is 1. The number of nitrogens with zero attached hydrogens (tertiary/aromatic N) is 1. The van der Waals surface area contributed by atoms with E-state index in [0.29, 0.717) is 14.7 Å². The molecule has 2 aromatic heterocycles. The van der Waals surface area contributed by atoms with Gasteiger partial charge in [-0.15, -0.1) is 11.3 Å². The fraction of sp³-hybridized carbons (Fsp3) is 0.133. The summed E-state index contributed by atoms with van der Waals surface area (Å²) in [6.07, 6.45) is 0. The fourth-order valence-corrected chi connectivity index (χ4v) is 3.82. The van der Waals surface area contributed by atoms with Crippen molar-refractivity contribution in [2.75, 3.05) is 11.1 Å². The van der Waals surface area contributed by atoms with Crippen LogP contribution in [0.2, 0.25) is 0 Å². The zero-order valence-electron chi connectivity index (χ0n) is 12.1. The van der Waals surface area contributed by atoms with Gasteiger partial charge in [-0.25, -0.2) is 4.98 Å². The Kier molecular flexibility index (Phi) is 4.35. The lowest BCUT2D eigenvalue weighted by molar-refractivity contribution is -0.113. The number of aromatic hydroxyl groups is 1. The molecular weight excluding hydrogens is 334 g/mol. The number of fused-ring (bicyclic) bond motifs is 1. The van der Waals surface area contributed by atoms with Crippen LogP contribution in [0.15, 0.2) is 39.5 Å². The zero-order chi connectivity index (χ0) is 16.4. The number of benzene rings is 1. The van der Waals surface area contributed by atoms with E-state index in [-0.39, 0.29) is 17.4 Å². The molecule has 0 fully saturated rings. The van der Waals surface area contributed by atoms with Crippen LogP contribution < -0.4 is 10.9 Å². The van der Waals surface area contributed by atoms with E-state index in [1.165, 1.54) is 23.1 Å². The Hall–Kier alpha value is -2.32. The molecular formula is C15H13N3O3S2. The van der Waals surface area contributed by atoms with E-state index in [2.05, 4.69) is 15.3 Å². The predicted molar refractivity (Wildman–Crippen MR) is 92.4 cm³/mol. The summed E-state index contributed by atoms with van der Waals surface area (Å²) in [5, 5.41) is 12.5. The van der Waals surface area contributed by atoms with E-state index in [1.54, 1.807) is 0 Å². The maximum atomic E-state index is 12.0. The number of anilines is 1. The van der Waals surface area contributed by atoms with E-state index >= 15 is 0 Å². The fourth-order valence-electron chi connectivity index (χ4n) is 2.01. The summed E-state index contributed by atoms with van der Waals surface area (Å²) in [4.78, 5) is 30.0. The molecule has 0 spiro atoms. The van der Waals surface area contributed by atoms with Gasteiger partial charge >= 0.3 is 0 Å². The number of aryl methyl sites for hydroxylation is 1. The molecule has 0 radical (unpaired) electrons. The second-order valence-electron chi connectivity index (χ2n) is 4.88. The van der Waals surface area contributed by atoms with Crippen LogP contribution in [0.25, 0.3) is 10.3 Å². The topological polar surface area (TPSA) is 95.1 Å². The van der Waals surface area contributed by atoms with Gasteiger partial charge < -0.3 is 15.4 Å². The van der Waals surface area contributed by atoms with Crippen molar-refractivity contribution in [3.8, 4) is 5.75 Å². The van der Waals surface area contributed by atoms with Crippen molar-refractivity contribution in [3.63, 3.8) is 0 Å². The van der Waals surface area contributed by atoms with E-state index in [1.807, 2.05) is 31.2 Å². The molecule has 3 N–H and O–H groups in total. The minimum absolute atomic E-state index is 0.0997. The standard InChI is InChI=1S/C15H13N3O3S2/c1-8-3-2-4-9(5-8)16-12(21)7-22-15-18-14-13(23-15)10(19)6-11(20)17-14/h2-6H,7H2,1H3,(H,16,21)(H2,17,19,20). The monoisotopic (exact) mass is 347 g/mol. The number of hydrogen-bond acceptors (Lipinski definition) is 6. The van der Waals surface area contributed by atoms with Crippen LogP contribution in [0, 0.1) is 6.92 Å². The molecule has 2 heterocycles. The van der Waals surface area contributed by atoms with Gasteiger partial charge in [0.15, 0.2) is 9.99 Å². The quantitative estimate of drug-likeness (QED) is 0.631. The number of hydrogen-bond donors (Lipinski definition) is 3. The van der Waals surface area contributed by atoms with Gasteiger partial charge in [0.1, 0.15) is 10.4 Å². The number of thiazole rings is 1. The van der Waals surface area contributed by atoms with E-state index in [9.17, 15) is 14.7 Å². The summed E-state index contributed by atoms with van der Waals surface area (Å²) in [6.45, 7) is 1.96. The molecule has 0 aliphatic carbocycles. The van der Waals surface area contributed by atoms with Crippen LogP contribution in [-0.2, 0) is 4.79 Å². The van der Waals surface area contributed by atoms with Gasteiger partial charge in [-0.1, -0.05) is 23.9 Å². The maximum absolute atomic E-state index is 12.0. The maximum Gasteiger partial charge on any atom is 0.253 e. The van der Waals surface area contributed by atoms with Crippen LogP contribution in [0.3, 0.4) is 0 Å². The van der Waals surface area contributed by atoms with Crippen molar-refractivity contribution in [2.45, 2.75) is 11.3 Å². The number of aromatic nitrogens is 2. The molecule has 1 amide bonds. The SMILES string of the molecule is Cc1cccc(NC(=O)CSc2nc3[nH]c(=O)cc(O)c3s2)c1. The normalized spacial score (nSPS) is 10.8. The summed E-state index contributed by atoms with van der Waals surface area (Å²) in [6, 6.07) is 8.67. The lowest BCUT2D eigenvalue weighted by Crippen LogP contribution is -2.13. The molecule has 6 nitrogen and oxygen atoms in total. The third-order valence-electron chi connectivity index (χ3n) is 2.98. The molecule has 8 heteroatoms. The minimum Gasteiger partial charge on any atom is -0.506 e. The van der Waals surface area contributed by atoms with Crippen molar-refractivity contribution in [3.05, 3.63) is 46.2 Å². The Morgan fingerprint density at radius 3 is 3.04 bits per heavy atom. The third kappa shape index (κ3) is 3.72. The number of nitrogens with one attached hydrogen (secondary N) is 2. The number of carbonyl (C=O) groups excluding carboxylic acids is 1. The highest BCUT2D eigenvalue weighted by atomic mass is 32.2. The Bertz CT molecular complexity index is 933. The predicted octanol–water partition coefficient (Wildman–Crippen LogP) is 2.73. The smallest absolute Gasteiger partial charge is 0.253 e. The van der Waals surface area contributed by atoms with Crippen LogP contribution in [0.4, 0.5) is 5.69 Å². The first kappa shape index (κ1) is 15.6. The van der Waals surface area contributed by atoms with E-state index in [4.69, 9.17) is 0 Å². The lowest BCUT2D eigenvalue weighted by Gasteiger charge is -2.04. The molecule has 0 atom stereocenters. The third-order valence-corrected chi connectivity index (χ3v) is 5.20. The van der Waals surface area contributed by atoms with E-state index < -0.39 is 5.56 Å². The zero-order valence-corrected chi connectivity index (χ0v) is 13.8. The molecule has 3 rings (SSSR count). The molecule has 0 bridgehead atoms. The summed E-state index contributed by atoms with van der Waals surface area (Å²) in [5.41, 5.74) is 1.75. The lowest BCUT2D eigenvalue weighted by atomic mass is 10.2. The molecule has 0 aliphatic heterocycles. The average molecular weight is 347 g/mol. The highest BCUT2D eigenvalue weighted by Gasteiger charge is 2.11. The Morgan fingerprint density at radius 2 is 2.26 bits per heavy atom. The first-order valence-electron chi connectivity index (χ1n) is 6.73. The first-order chi connectivity index (χ1) is 11.0. The van der Waals surface area contributed by atoms with Crippen molar-refractivity contribution in [1.82, 2.24) is 9.97 Å². The van der Waals surface area contributed by atoms with Crippen molar-refractivity contribution in [1.29, 1.82) is 0 Å². The number of H-pyrrole nitrogens is 1. The largest absolute Gasteiger partial charge is 0.506 e. The molecule has 3 aromatic rings. The highest BCUT2D eigenvalue weighted by molar-refractivity contribution is 8.01. The highest BCUT2D eigenvalue weighted by Crippen LogP contribution is 2.32. The van der Waals surface area contributed by atoms with Gasteiger partial charge in [-0.3, -0.25) is 9.59 Å². The summed E-state index contributed by atoms with van der Waals surface area (Å²) in [5.74, 6) is -0.0476. The molecule has 1 aromatic carbocycles. The Labute approximate surface area is 139 Å². The Balaban J connectivity index is 1.67. The number of amides is 1. The number of aromatic amines is 1. The van der Waals surface area contributed by atoms with Gasteiger partial charge in [0.05, 0.1) is 5.75 Å². The summed E-state index contributed by atoms with van der Waals surface area (Å²) >= 11 is 2.49.